The molecule has 2 amide bonds. The Labute approximate surface area is 134 Å². The minimum absolute atomic E-state index is 0.241. The van der Waals surface area contributed by atoms with Crippen molar-refractivity contribution in [1.82, 2.24) is 25.1 Å². The van der Waals surface area contributed by atoms with Crippen molar-refractivity contribution in [3.8, 4) is 0 Å². The maximum absolute atomic E-state index is 12.3. The van der Waals surface area contributed by atoms with Gasteiger partial charge < -0.3 is 20.1 Å². The molecule has 0 unspecified atom stereocenters. The highest BCUT2D eigenvalue weighted by molar-refractivity contribution is 5.92. The topological polar surface area (TPSA) is 88.0 Å². The van der Waals surface area contributed by atoms with E-state index in [9.17, 15) is 4.79 Å². The Kier molecular flexibility index (Phi) is 4.40. The van der Waals surface area contributed by atoms with E-state index >= 15 is 0 Å². The van der Waals surface area contributed by atoms with Crippen LogP contribution in [-0.4, -0.2) is 38.9 Å². The maximum atomic E-state index is 12.3. The van der Waals surface area contributed by atoms with E-state index < -0.39 is 0 Å². The van der Waals surface area contributed by atoms with Crippen molar-refractivity contribution >= 4 is 17.5 Å². The van der Waals surface area contributed by atoms with Gasteiger partial charge in [-0.05, 0) is 31.9 Å². The van der Waals surface area contributed by atoms with Crippen molar-refractivity contribution < 1.29 is 4.79 Å². The number of amides is 2. The molecule has 8 nitrogen and oxygen atoms in total. The Hall–Kier alpha value is -2.64. The van der Waals surface area contributed by atoms with Gasteiger partial charge in [0.05, 0.1) is 11.7 Å². The molecule has 0 radical (unpaired) electrons. The Bertz CT molecular complexity index is 678. The number of nitrogens with one attached hydrogen (secondary N) is 2. The fourth-order valence-corrected chi connectivity index (χ4v) is 2.78. The fourth-order valence-electron chi connectivity index (χ4n) is 2.78. The molecule has 23 heavy (non-hydrogen) atoms. The largest absolute Gasteiger partial charge is 0.355 e. The van der Waals surface area contributed by atoms with Gasteiger partial charge in [-0.25, -0.2) is 9.78 Å². The van der Waals surface area contributed by atoms with Gasteiger partial charge in [0.2, 0.25) is 0 Å². The summed E-state index contributed by atoms with van der Waals surface area (Å²) in [5.74, 6) is 1.53. The van der Waals surface area contributed by atoms with Gasteiger partial charge in [0, 0.05) is 26.3 Å². The summed E-state index contributed by atoms with van der Waals surface area (Å²) in [6, 6.07) is 3.16. The number of aryl methyl sites for hydroxylation is 1. The van der Waals surface area contributed by atoms with E-state index in [0.29, 0.717) is 5.82 Å². The molecule has 1 aliphatic rings. The van der Waals surface area contributed by atoms with E-state index in [2.05, 4.69) is 30.7 Å². The van der Waals surface area contributed by atoms with Crippen LogP contribution in [0, 0.1) is 0 Å². The zero-order chi connectivity index (χ0) is 16.2. The van der Waals surface area contributed by atoms with Crippen LogP contribution >= 0.6 is 0 Å². The average molecular weight is 315 g/mol. The summed E-state index contributed by atoms with van der Waals surface area (Å²) in [5, 5.41) is 13.6. The van der Waals surface area contributed by atoms with Crippen molar-refractivity contribution in [1.29, 1.82) is 0 Å². The number of hydrogen-bond donors (Lipinski definition) is 2. The van der Waals surface area contributed by atoms with Crippen molar-refractivity contribution in [2.24, 2.45) is 7.05 Å². The molecular weight excluding hydrogens is 294 g/mol. The van der Waals surface area contributed by atoms with Crippen LogP contribution in [-0.2, 0) is 7.05 Å². The molecule has 3 heterocycles. The van der Waals surface area contributed by atoms with E-state index in [0.717, 1.165) is 37.4 Å². The fraction of sp³-hybridized carbons (Fsp3) is 0.467. The number of carbonyl (C=O) groups is 1. The van der Waals surface area contributed by atoms with Gasteiger partial charge >= 0.3 is 6.03 Å². The molecule has 0 aliphatic carbocycles. The van der Waals surface area contributed by atoms with Gasteiger partial charge in [-0.2, -0.15) is 0 Å². The highest BCUT2D eigenvalue weighted by Crippen LogP contribution is 2.26. The van der Waals surface area contributed by atoms with Crippen LogP contribution in [0.4, 0.5) is 16.3 Å². The zero-order valence-electron chi connectivity index (χ0n) is 13.4. The first kappa shape index (κ1) is 15.3. The second-order valence-corrected chi connectivity index (χ2v) is 5.69. The highest BCUT2D eigenvalue weighted by atomic mass is 16.2. The summed E-state index contributed by atoms with van der Waals surface area (Å²) in [7, 11) is 1.85. The van der Waals surface area contributed by atoms with Crippen molar-refractivity contribution in [2.45, 2.75) is 25.8 Å². The number of carbonyl (C=O) groups excluding carboxylic acids is 1. The minimum atomic E-state index is -0.283. The van der Waals surface area contributed by atoms with Crippen molar-refractivity contribution in [3.63, 3.8) is 0 Å². The highest BCUT2D eigenvalue weighted by Gasteiger charge is 2.19. The molecule has 1 saturated heterocycles. The Balaban J connectivity index is 1.67. The van der Waals surface area contributed by atoms with Gasteiger partial charge in [-0.15, -0.1) is 10.2 Å². The second kappa shape index (κ2) is 6.64. The van der Waals surface area contributed by atoms with E-state index in [1.807, 2.05) is 26.1 Å². The molecule has 8 heteroatoms. The lowest BCUT2D eigenvalue weighted by Crippen LogP contribution is -2.33. The van der Waals surface area contributed by atoms with Crippen LogP contribution in [0.2, 0.25) is 0 Å². The van der Waals surface area contributed by atoms with Gasteiger partial charge in [-0.3, -0.25) is 0 Å². The summed E-state index contributed by atoms with van der Waals surface area (Å²) in [4.78, 5) is 18.9. The maximum Gasteiger partial charge on any atom is 0.319 e. The smallest absolute Gasteiger partial charge is 0.319 e. The normalized spacial score (nSPS) is 15.5. The number of anilines is 2. The number of aromatic nitrogens is 4. The molecule has 122 valence electrons. The van der Waals surface area contributed by atoms with Crippen LogP contribution in [0.5, 0.6) is 0 Å². The summed E-state index contributed by atoms with van der Waals surface area (Å²) in [6.45, 7) is 3.82. The number of hydrogen-bond acceptors (Lipinski definition) is 5. The third-order valence-corrected chi connectivity index (χ3v) is 3.92. The molecule has 2 N–H and O–H groups in total. The summed E-state index contributed by atoms with van der Waals surface area (Å²) in [6.07, 6.45) is 5.67. The number of pyridine rings is 1. The summed E-state index contributed by atoms with van der Waals surface area (Å²) < 4.78 is 1.78. The van der Waals surface area contributed by atoms with Crippen molar-refractivity contribution in [2.75, 3.05) is 23.3 Å². The first-order valence-electron chi connectivity index (χ1n) is 7.76. The lowest BCUT2D eigenvalue weighted by molar-refractivity contribution is 0.248. The molecule has 2 aromatic rings. The van der Waals surface area contributed by atoms with Crippen LogP contribution in [0.3, 0.4) is 0 Å². The van der Waals surface area contributed by atoms with Gasteiger partial charge in [0.15, 0.2) is 11.6 Å². The minimum Gasteiger partial charge on any atom is -0.355 e. The van der Waals surface area contributed by atoms with E-state index in [1.165, 1.54) is 0 Å². The average Bonchev–Trinajstić information content (AvgIpc) is 3.19. The SMILES string of the molecule is C[C@H](NC(=O)Nc1cccnc1N1CCCC1)c1nncn1C. The standard InChI is InChI=1S/C15H21N7O/c1-11(13-20-17-10-21(13)2)18-15(23)19-12-6-5-7-16-14(12)22-8-3-4-9-22/h5-7,10-11H,3-4,8-9H2,1-2H3,(H2,18,19,23)/t11-/m0/s1. The van der Waals surface area contributed by atoms with Crippen LogP contribution in [0.25, 0.3) is 0 Å². The number of rotatable bonds is 4. The zero-order valence-corrected chi connectivity index (χ0v) is 13.4. The third kappa shape index (κ3) is 3.41. The molecular formula is C15H21N7O. The first-order valence-corrected chi connectivity index (χ1v) is 7.76. The monoisotopic (exact) mass is 315 g/mol. The molecule has 0 bridgehead atoms. The predicted octanol–water partition coefficient (Wildman–Crippen LogP) is 1.69. The lowest BCUT2D eigenvalue weighted by Gasteiger charge is -2.20. The Morgan fingerprint density at radius 2 is 2.13 bits per heavy atom. The quantitative estimate of drug-likeness (QED) is 0.896. The predicted molar refractivity (Wildman–Crippen MR) is 87.3 cm³/mol. The molecule has 0 spiro atoms. The third-order valence-electron chi connectivity index (χ3n) is 3.92. The Morgan fingerprint density at radius 3 is 2.83 bits per heavy atom. The van der Waals surface area contributed by atoms with Crippen molar-refractivity contribution in [3.05, 3.63) is 30.5 Å². The van der Waals surface area contributed by atoms with Crippen LogP contribution < -0.4 is 15.5 Å². The number of urea groups is 1. The van der Waals surface area contributed by atoms with Crippen LogP contribution in [0.15, 0.2) is 24.7 Å². The van der Waals surface area contributed by atoms with E-state index in [1.54, 1.807) is 17.1 Å². The van der Waals surface area contributed by atoms with Gasteiger partial charge in [-0.1, -0.05) is 0 Å². The first-order chi connectivity index (χ1) is 11.1. The second-order valence-electron chi connectivity index (χ2n) is 5.69. The summed E-state index contributed by atoms with van der Waals surface area (Å²) >= 11 is 0. The lowest BCUT2D eigenvalue weighted by atomic mass is 10.3. The van der Waals surface area contributed by atoms with E-state index in [4.69, 9.17) is 0 Å². The van der Waals surface area contributed by atoms with Crippen LogP contribution in [0.1, 0.15) is 31.6 Å². The van der Waals surface area contributed by atoms with E-state index in [-0.39, 0.29) is 12.1 Å². The number of nitrogens with zero attached hydrogens (tertiary/aromatic N) is 5. The summed E-state index contributed by atoms with van der Waals surface area (Å²) in [5.41, 5.74) is 0.720. The molecule has 2 aromatic heterocycles. The molecule has 0 saturated carbocycles. The molecule has 3 rings (SSSR count). The molecule has 0 aromatic carbocycles. The molecule has 1 aliphatic heterocycles. The van der Waals surface area contributed by atoms with Gasteiger partial charge in [0.25, 0.3) is 0 Å². The Morgan fingerprint density at radius 1 is 1.35 bits per heavy atom. The van der Waals surface area contributed by atoms with Gasteiger partial charge in [0.1, 0.15) is 6.33 Å². The molecule has 1 atom stereocenters. The molecule has 1 fully saturated rings.